The van der Waals surface area contributed by atoms with Crippen molar-refractivity contribution in [3.05, 3.63) is 82.5 Å². The quantitative estimate of drug-likeness (QED) is 0.252. The molecule has 0 spiro atoms. The SMILES string of the molecule is CCN(CC)CCCC(=O)C1=CC(C)=C(CC2CCN(CC(C3=CC4CC4C=C3)c3ccccc3)CC2)CCC1. The van der Waals surface area contributed by atoms with E-state index in [2.05, 4.69) is 85.2 Å². The van der Waals surface area contributed by atoms with Gasteiger partial charge in [-0.15, -0.1) is 0 Å². The molecule has 40 heavy (non-hydrogen) atoms. The van der Waals surface area contributed by atoms with E-state index in [1.807, 2.05) is 0 Å². The van der Waals surface area contributed by atoms with Crippen LogP contribution in [0.5, 0.6) is 0 Å². The summed E-state index contributed by atoms with van der Waals surface area (Å²) in [6, 6.07) is 11.2. The van der Waals surface area contributed by atoms with Crippen LogP contribution in [0.15, 0.2) is 76.9 Å². The number of ketones is 1. The number of hydrogen-bond acceptors (Lipinski definition) is 3. The lowest BCUT2D eigenvalue weighted by molar-refractivity contribution is -0.115. The van der Waals surface area contributed by atoms with Crippen LogP contribution in [0.4, 0.5) is 0 Å². The highest BCUT2D eigenvalue weighted by Gasteiger charge is 2.36. The molecule has 2 fully saturated rings. The Kier molecular flexibility index (Phi) is 10.3. The normalized spacial score (nSPS) is 24.4. The standard InChI is InChI=1S/C37H52N2O/c1-4-38(5-2)20-10-15-37(40)34-14-9-13-31(28(3)23-34)24-29-18-21-39(22-19-29)27-36(30-11-7-6-8-12-30)33-17-16-32-25-35(32)26-33/h6-8,11-12,16-17,23,26,29,32,35-36H,4-5,9-10,13-15,18-22,24-25,27H2,1-3H3. The first-order valence-electron chi connectivity index (χ1n) is 16.4. The Labute approximate surface area is 244 Å². The zero-order valence-electron chi connectivity index (χ0n) is 25.4. The van der Waals surface area contributed by atoms with Crippen molar-refractivity contribution in [3.63, 3.8) is 0 Å². The molecule has 0 radical (unpaired) electrons. The van der Waals surface area contributed by atoms with Gasteiger partial charge in [0.1, 0.15) is 0 Å². The highest BCUT2D eigenvalue weighted by molar-refractivity contribution is 5.95. The Hall–Kier alpha value is -2.23. The van der Waals surface area contributed by atoms with E-state index < -0.39 is 0 Å². The number of Topliss-reactive ketones (excluding diaryl/α,β-unsaturated/α-hetero) is 1. The fourth-order valence-corrected chi connectivity index (χ4v) is 7.26. The zero-order chi connectivity index (χ0) is 27.9. The van der Waals surface area contributed by atoms with Crippen LogP contribution < -0.4 is 0 Å². The monoisotopic (exact) mass is 540 g/mol. The van der Waals surface area contributed by atoms with Crippen molar-refractivity contribution in [2.45, 2.75) is 84.5 Å². The third kappa shape index (κ3) is 7.74. The van der Waals surface area contributed by atoms with Gasteiger partial charge in [-0.3, -0.25) is 4.79 Å². The molecule has 3 unspecified atom stereocenters. The number of carbonyl (C=O) groups excluding carboxylic acids is 1. The van der Waals surface area contributed by atoms with Crippen molar-refractivity contribution in [1.29, 1.82) is 0 Å². The Morgan fingerprint density at radius 1 is 1.05 bits per heavy atom. The first-order valence-corrected chi connectivity index (χ1v) is 16.4. The third-order valence-electron chi connectivity index (χ3n) is 10.1. The first-order chi connectivity index (χ1) is 19.5. The molecule has 1 aromatic carbocycles. The van der Waals surface area contributed by atoms with Crippen molar-refractivity contribution < 1.29 is 4.79 Å². The van der Waals surface area contributed by atoms with Gasteiger partial charge in [-0.05, 0) is 125 Å². The number of allylic oxidation sites excluding steroid dienone is 7. The predicted octanol–water partition coefficient (Wildman–Crippen LogP) is 8.12. The van der Waals surface area contributed by atoms with Gasteiger partial charge in [0, 0.05) is 18.9 Å². The highest BCUT2D eigenvalue weighted by atomic mass is 16.1. The van der Waals surface area contributed by atoms with Gasteiger partial charge in [-0.25, -0.2) is 0 Å². The molecule has 0 bridgehead atoms. The van der Waals surface area contributed by atoms with E-state index in [1.165, 1.54) is 55.5 Å². The summed E-state index contributed by atoms with van der Waals surface area (Å²) in [5.74, 6) is 3.26. The Morgan fingerprint density at radius 2 is 1.82 bits per heavy atom. The van der Waals surface area contributed by atoms with E-state index in [-0.39, 0.29) is 0 Å². The maximum atomic E-state index is 13.0. The van der Waals surface area contributed by atoms with Crippen molar-refractivity contribution in [2.24, 2.45) is 17.8 Å². The smallest absolute Gasteiger partial charge is 0.158 e. The second kappa shape index (κ2) is 14.1. The lowest BCUT2D eigenvalue weighted by atomic mass is 9.85. The molecule has 3 atom stereocenters. The van der Waals surface area contributed by atoms with Crippen LogP contribution in [-0.2, 0) is 4.79 Å². The van der Waals surface area contributed by atoms with Crippen LogP contribution in [0.3, 0.4) is 0 Å². The van der Waals surface area contributed by atoms with Crippen molar-refractivity contribution in [2.75, 3.05) is 39.3 Å². The van der Waals surface area contributed by atoms with Gasteiger partial charge in [0.2, 0.25) is 0 Å². The number of nitrogens with zero attached hydrogens (tertiary/aromatic N) is 2. The highest BCUT2D eigenvalue weighted by Crippen LogP contribution is 2.46. The Morgan fingerprint density at radius 3 is 2.55 bits per heavy atom. The van der Waals surface area contributed by atoms with Crippen molar-refractivity contribution in [1.82, 2.24) is 9.80 Å². The van der Waals surface area contributed by atoms with Crippen LogP contribution in [0.1, 0.15) is 90.0 Å². The lowest BCUT2D eigenvalue weighted by Crippen LogP contribution is -2.37. The van der Waals surface area contributed by atoms with E-state index in [0.717, 1.165) is 75.2 Å². The maximum absolute atomic E-state index is 13.0. The van der Waals surface area contributed by atoms with E-state index in [4.69, 9.17) is 0 Å². The summed E-state index contributed by atoms with van der Waals surface area (Å²) in [6.45, 7) is 13.4. The summed E-state index contributed by atoms with van der Waals surface area (Å²) in [5.41, 5.74) is 7.08. The first kappa shape index (κ1) is 29.3. The minimum atomic E-state index is 0.383. The number of hydrogen-bond donors (Lipinski definition) is 0. The van der Waals surface area contributed by atoms with Gasteiger partial charge >= 0.3 is 0 Å². The second-order valence-electron chi connectivity index (χ2n) is 12.9. The number of likely N-dealkylation sites (tertiary alicyclic amines) is 1. The summed E-state index contributed by atoms with van der Waals surface area (Å²) in [7, 11) is 0. The fourth-order valence-electron chi connectivity index (χ4n) is 7.26. The lowest BCUT2D eigenvalue weighted by Gasteiger charge is -2.35. The van der Waals surface area contributed by atoms with Crippen LogP contribution in [0.25, 0.3) is 0 Å². The topological polar surface area (TPSA) is 23.6 Å². The van der Waals surface area contributed by atoms with Gasteiger partial charge in [0.05, 0.1) is 0 Å². The number of rotatable bonds is 13. The number of benzene rings is 1. The maximum Gasteiger partial charge on any atom is 0.158 e. The molecular weight excluding hydrogens is 488 g/mol. The minimum Gasteiger partial charge on any atom is -0.304 e. The molecular formula is C37H52N2O. The summed E-state index contributed by atoms with van der Waals surface area (Å²) < 4.78 is 0. The third-order valence-corrected chi connectivity index (χ3v) is 10.1. The molecule has 0 N–H and O–H groups in total. The number of piperidine rings is 1. The number of carbonyl (C=O) groups is 1. The molecule has 5 rings (SSSR count). The minimum absolute atomic E-state index is 0.383. The Bertz CT molecular complexity index is 1110. The molecule has 4 aliphatic rings. The summed E-state index contributed by atoms with van der Waals surface area (Å²) in [5, 5.41) is 0. The van der Waals surface area contributed by atoms with Gasteiger partial charge in [-0.1, -0.05) is 79.6 Å². The average Bonchev–Trinajstić information content (AvgIpc) is 3.79. The zero-order valence-corrected chi connectivity index (χ0v) is 25.4. The fraction of sp³-hybridized carbons (Fsp3) is 0.595. The molecule has 3 nitrogen and oxygen atoms in total. The molecule has 1 saturated heterocycles. The van der Waals surface area contributed by atoms with Crippen LogP contribution in [0.2, 0.25) is 0 Å². The summed E-state index contributed by atoms with van der Waals surface area (Å²) in [4.78, 5) is 18.1. The molecule has 1 heterocycles. The predicted molar refractivity (Wildman–Crippen MR) is 168 cm³/mol. The van der Waals surface area contributed by atoms with Gasteiger partial charge < -0.3 is 9.80 Å². The summed E-state index contributed by atoms with van der Waals surface area (Å²) >= 11 is 0. The van der Waals surface area contributed by atoms with Crippen LogP contribution in [-0.4, -0.2) is 54.9 Å². The van der Waals surface area contributed by atoms with Crippen LogP contribution >= 0.6 is 0 Å². The molecule has 216 valence electrons. The second-order valence-corrected chi connectivity index (χ2v) is 12.9. The molecule has 0 aromatic heterocycles. The van der Waals surface area contributed by atoms with Gasteiger partial charge in [0.15, 0.2) is 5.78 Å². The average molecular weight is 541 g/mol. The molecule has 3 heteroatoms. The van der Waals surface area contributed by atoms with Crippen LogP contribution in [0, 0.1) is 17.8 Å². The molecule has 0 amide bonds. The van der Waals surface area contributed by atoms with E-state index in [1.54, 1.807) is 5.57 Å². The molecule has 1 aromatic rings. The van der Waals surface area contributed by atoms with E-state index in [0.29, 0.717) is 18.1 Å². The Balaban J connectivity index is 1.14. The van der Waals surface area contributed by atoms with E-state index >= 15 is 0 Å². The largest absolute Gasteiger partial charge is 0.304 e. The van der Waals surface area contributed by atoms with Crippen molar-refractivity contribution >= 4 is 5.78 Å². The molecule has 1 aliphatic heterocycles. The molecule has 1 saturated carbocycles. The summed E-state index contributed by atoms with van der Waals surface area (Å²) in [6.07, 6.45) is 19.8. The molecule has 3 aliphatic carbocycles. The van der Waals surface area contributed by atoms with Gasteiger partial charge in [-0.2, -0.15) is 0 Å². The number of fused-ring (bicyclic) bond motifs is 1. The van der Waals surface area contributed by atoms with E-state index in [9.17, 15) is 4.79 Å². The van der Waals surface area contributed by atoms with Crippen molar-refractivity contribution in [3.8, 4) is 0 Å². The van der Waals surface area contributed by atoms with Gasteiger partial charge in [0.25, 0.3) is 0 Å².